The van der Waals surface area contributed by atoms with Crippen LogP contribution in [0.15, 0.2) is 48.5 Å². The first-order valence-electron chi connectivity index (χ1n) is 5.76. The topological polar surface area (TPSA) is 3.24 Å². The van der Waals surface area contributed by atoms with Crippen molar-refractivity contribution in [3.8, 4) is 0 Å². The average Bonchev–Trinajstić information content (AvgIpc) is 2.35. The van der Waals surface area contributed by atoms with Crippen molar-refractivity contribution in [3.05, 3.63) is 54.6 Å². The smallest absolute Gasteiger partial charge is 0.0520 e. The van der Waals surface area contributed by atoms with Crippen molar-refractivity contribution in [1.82, 2.24) is 0 Å². The zero-order valence-electron chi connectivity index (χ0n) is 10.1. The molecule has 0 spiro atoms. The number of hydrogen-bond donors (Lipinski definition) is 0. The Kier molecular flexibility index (Phi) is 2.25. The van der Waals surface area contributed by atoms with E-state index in [9.17, 15) is 0 Å². The second-order valence-corrected chi connectivity index (χ2v) is 4.49. The molecule has 3 aromatic carbocycles. The first kappa shape index (κ1) is 10.2. The second kappa shape index (κ2) is 3.77. The molecule has 0 heterocycles. The zero-order chi connectivity index (χ0) is 11.8. The van der Waals surface area contributed by atoms with Gasteiger partial charge in [0, 0.05) is 24.9 Å². The van der Waals surface area contributed by atoms with Crippen LogP contribution in [0.5, 0.6) is 0 Å². The number of hydrogen-bond acceptors (Lipinski definition) is 1. The first-order chi connectivity index (χ1) is 8.27. The van der Waals surface area contributed by atoms with Gasteiger partial charge in [-0.3, -0.25) is 0 Å². The van der Waals surface area contributed by atoms with E-state index in [4.69, 9.17) is 0 Å². The highest BCUT2D eigenvalue weighted by Crippen LogP contribution is 2.34. The fourth-order valence-corrected chi connectivity index (χ4v) is 2.41. The summed E-state index contributed by atoms with van der Waals surface area (Å²) < 4.78 is 0. The summed E-state index contributed by atoms with van der Waals surface area (Å²) in [6.45, 7) is 0. The standard InChI is InChI=1S/C16H14N/c1-17(2)16-14-9-5-3-7-12(14)11-13-8-4-6-10-15(13)16/h3,5-11H,1-2H3. The fraction of sp³-hybridized carbons (Fsp3) is 0.125. The van der Waals surface area contributed by atoms with Crippen LogP contribution in [0, 0.1) is 6.07 Å². The Morgan fingerprint density at radius 2 is 1.71 bits per heavy atom. The van der Waals surface area contributed by atoms with Crippen LogP contribution in [0.4, 0.5) is 5.69 Å². The predicted molar refractivity (Wildman–Crippen MR) is 74.6 cm³/mol. The van der Waals surface area contributed by atoms with Crippen LogP contribution in [0.3, 0.4) is 0 Å². The maximum Gasteiger partial charge on any atom is 0.0520 e. The Balaban J connectivity index is 2.56. The lowest BCUT2D eigenvalue weighted by Crippen LogP contribution is -2.09. The summed E-state index contributed by atoms with van der Waals surface area (Å²) in [6.07, 6.45) is 0. The van der Waals surface area contributed by atoms with Gasteiger partial charge in [0.1, 0.15) is 0 Å². The SMILES string of the molecule is CN(C)c1c2cc[c]cc2cc2ccccc12. The fourth-order valence-electron chi connectivity index (χ4n) is 2.41. The average molecular weight is 220 g/mol. The minimum Gasteiger partial charge on any atom is -0.377 e. The Morgan fingerprint density at radius 3 is 2.53 bits per heavy atom. The number of nitrogens with zero attached hydrogens (tertiary/aromatic N) is 1. The largest absolute Gasteiger partial charge is 0.377 e. The molecular formula is C16H14N. The monoisotopic (exact) mass is 220 g/mol. The van der Waals surface area contributed by atoms with E-state index in [1.165, 1.54) is 27.2 Å². The quantitative estimate of drug-likeness (QED) is 0.563. The predicted octanol–water partition coefficient (Wildman–Crippen LogP) is 3.86. The molecule has 0 saturated carbocycles. The molecule has 1 radical (unpaired) electrons. The Bertz CT molecular complexity index is 629. The summed E-state index contributed by atoms with van der Waals surface area (Å²) in [5.74, 6) is 0. The van der Waals surface area contributed by atoms with E-state index < -0.39 is 0 Å². The van der Waals surface area contributed by atoms with Gasteiger partial charge in [0.05, 0.1) is 5.69 Å². The molecule has 0 fully saturated rings. The van der Waals surface area contributed by atoms with E-state index in [0.717, 1.165) is 0 Å². The lowest BCUT2D eigenvalue weighted by Gasteiger charge is -2.18. The third-order valence-corrected chi connectivity index (χ3v) is 3.13. The Labute approximate surface area is 101 Å². The molecule has 0 aromatic heterocycles. The van der Waals surface area contributed by atoms with Crippen molar-refractivity contribution in [1.29, 1.82) is 0 Å². The summed E-state index contributed by atoms with van der Waals surface area (Å²) in [5.41, 5.74) is 1.28. The molecule has 83 valence electrons. The van der Waals surface area contributed by atoms with Crippen LogP contribution < -0.4 is 4.90 Å². The molecule has 0 aliphatic carbocycles. The minimum atomic E-state index is 1.25. The molecule has 0 saturated heterocycles. The van der Waals surface area contributed by atoms with Crippen molar-refractivity contribution >= 4 is 27.2 Å². The summed E-state index contributed by atoms with van der Waals surface area (Å²) in [4.78, 5) is 2.19. The van der Waals surface area contributed by atoms with E-state index in [1.807, 2.05) is 6.07 Å². The number of anilines is 1. The lowest BCUT2D eigenvalue weighted by molar-refractivity contribution is 1.15. The van der Waals surface area contributed by atoms with Crippen LogP contribution in [0.25, 0.3) is 21.5 Å². The second-order valence-electron chi connectivity index (χ2n) is 4.49. The maximum atomic E-state index is 3.15. The van der Waals surface area contributed by atoms with Gasteiger partial charge in [-0.15, -0.1) is 0 Å². The molecule has 0 unspecified atom stereocenters. The molecule has 0 bridgehead atoms. The lowest BCUT2D eigenvalue weighted by atomic mass is 10.0. The molecule has 0 aliphatic rings. The summed E-state index contributed by atoms with van der Waals surface area (Å²) in [6, 6.07) is 20.1. The number of rotatable bonds is 1. The highest BCUT2D eigenvalue weighted by molar-refractivity contribution is 6.11. The molecule has 17 heavy (non-hydrogen) atoms. The van der Waals surface area contributed by atoms with Crippen LogP contribution in [0.1, 0.15) is 0 Å². The highest BCUT2D eigenvalue weighted by Gasteiger charge is 2.08. The third-order valence-electron chi connectivity index (χ3n) is 3.13. The van der Waals surface area contributed by atoms with Gasteiger partial charge >= 0.3 is 0 Å². The van der Waals surface area contributed by atoms with Crippen molar-refractivity contribution in [2.75, 3.05) is 19.0 Å². The molecule has 1 heteroatoms. The molecule has 3 aromatic rings. The van der Waals surface area contributed by atoms with Crippen molar-refractivity contribution in [3.63, 3.8) is 0 Å². The van der Waals surface area contributed by atoms with E-state index in [-0.39, 0.29) is 0 Å². The Hall–Kier alpha value is -2.02. The van der Waals surface area contributed by atoms with Gasteiger partial charge in [0.2, 0.25) is 0 Å². The van der Waals surface area contributed by atoms with Gasteiger partial charge in [-0.1, -0.05) is 36.4 Å². The van der Waals surface area contributed by atoms with E-state index in [1.54, 1.807) is 0 Å². The normalized spacial score (nSPS) is 10.9. The summed E-state index contributed by atoms with van der Waals surface area (Å²) in [5, 5.41) is 5.11. The molecular weight excluding hydrogens is 206 g/mol. The van der Waals surface area contributed by atoms with E-state index in [0.29, 0.717) is 0 Å². The molecule has 0 N–H and O–H groups in total. The summed E-state index contributed by atoms with van der Waals surface area (Å²) in [7, 11) is 4.19. The van der Waals surface area contributed by atoms with E-state index in [2.05, 4.69) is 67.5 Å². The van der Waals surface area contributed by atoms with Crippen molar-refractivity contribution in [2.24, 2.45) is 0 Å². The van der Waals surface area contributed by atoms with E-state index >= 15 is 0 Å². The molecule has 0 amide bonds. The number of fused-ring (bicyclic) bond motifs is 2. The number of benzene rings is 3. The van der Waals surface area contributed by atoms with Gasteiger partial charge < -0.3 is 4.90 Å². The van der Waals surface area contributed by atoms with Gasteiger partial charge in [-0.05, 0) is 29.0 Å². The minimum absolute atomic E-state index is 1.25. The van der Waals surface area contributed by atoms with Crippen molar-refractivity contribution in [2.45, 2.75) is 0 Å². The molecule has 0 aliphatic heterocycles. The van der Waals surface area contributed by atoms with Crippen LogP contribution >= 0.6 is 0 Å². The molecule has 0 atom stereocenters. The van der Waals surface area contributed by atoms with Crippen molar-refractivity contribution < 1.29 is 0 Å². The highest BCUT2D eigenvalue weighted by atomic mass is 15.1. The van der Waals surface area contributed by atoms with Crippen LogP contribution in [-0.2, 0) is 0 Å². The van der Waals surface area contributed by atoms with Gasteiger partial charge in [0.25, 0.3) is 0 Å². The maximum absolute atomic E-state index is 3.15. The molecule has 1 nitrogen and oxygen atoms in total. The summed E-state index contributed by atoms with van der Waals surface area (Å²) >= 11 is 0. The molecule has 3 rings (SSSR count). The van der Waals surface area contributed by atoms with Crippen LogP contribution in [0.2, 0.25) is 0 Å². The zero-order valence-corrected chi connectivity index (χ0v) is 10.1. The van der Waals surface area contributed by atoms with Gasteiger partial charge in [-0.2, -0.15) is 0 Å². The van der Waals surface area contributed by atoms with Gasteiger partial charge in [0.15, 0.2) is 0 Å². The third kappa shape index (κ3) is 1.55. The van der Waals surface area contributed by atoms with Gasteiger partial charge in [-0.25, -0.2) is 0 Å². The Morgan fingerprint density at radius 1 is 0.941 bits per heavy atom. The van der Waals surface area contributed by atoms with Crippen LogP contribution in [-0.4, -0.2) is 14.1 Å². The first-order valence-corrected chi connectivity index (χ1v) is 5.76.